The Balaban J connectivity index is 1.24. The van der Waals surface area contributed by atoms with E-state index in [1.54, 1.807) is 4.90 Å². The molecule has 2 heterocycles. The maximum absolute atomic E-state index is 13.1. The summed E-state index contributed by atoms with van der Waals surface area (Å²) in [6.45, 7) is 7.98. The van der Waals surface area contributed by atoms with E-state index in [0.29, 0.717) is 6.61 Å². The van der Waals surface area contributed by atoms with Crippen LogP contribution in [-0.2, 0) is 11.3 Å². The van der Waals surface area contributed by atoms with Crippen molar-refractivity contribution in [2.45, 2.75) is 25.6 Å². The van der Waals surface area contributed by atoms with Crippen molar-refractivity contribution in [3.63, 3.8) is 0 Å². The van der Waals surface area contributed by atoms with Gasteiger partial charge in [-0.3, -0.25) is 4.79 Å². The molecule has 1 saturated heterocycles. The van der Waals surface area contributed by atoms with Crippen molar-refractivity contribution in [1.29, 1.82) is 0 Å². The molecule has 6 nitrogen and oxygen atoms in total. The van der Waals surface area contributed by atoms with E-state index in [0.717, 1.165) is 55.7 Å². The minimum absolute atomic E-state index is 0.0395. The van der Waals surface area contributed by atoms with Crippen LogP contribution in [0.2, 0.25) is 0 Å². The van der Waals surface area contributed by atoms with Gasteiger partial charge in [0.1, 0.15) is 19.7 Å². The van der Waals surface area contributed by atoms with Gasteiger partial charge in [0, 0.05) is 5.56 Å². The van der Waals surface area contributed by atoms with Gasteiger partial charge < -0.3 is 24.2 Å². The second-order valence-electron chi connectivity index (χ2n) is 8.51. The van der Waals surface area contributed by atoms with Crippen LogP contribution in [-0.4, -0.2) is 69.3 Å². The van der Waals surface area contributed by atoms with E-state index in [-0.39, 0.29) is 18.1 Å². The SMILES string of the molecule is C[C@@H](C(=O)N1CC[NH+](Cc2ccccc2)CC1)[NH+](C)C[C@@H]1COc2ccccc2O1. The van der Waals surface area contributed by atoms with E-state index in [1.807, 2.05) is 36.1 Å². The third kappa shape index (κ3) is 4.94. The van der Waals surface area contributed by atoms with Crippen molar-refractivity contribution >= 4 is 5.91 Å². The van der Waals surface area contributed by atoms with Crippen molar-refractivity contribution in [1.82, 2.24) is 4.90 Å². The Bertz CT molecular complexity index is 837. The van der Waals surface area contributed by atoms with E-state index in [1.165, 1.54) is 5.56 Å². The van der Waals surface area contributed by atoms with Crippen LogP contribution in [0.25, 0.3) is 0 Å². The number of nitrogens with zero attached hydrogens (tertiary/aromatic N) is 1. The molecule has 4 rings (SSSR count). The number of ether oxygens (including phenoxy) is 2. The first kappa shape index (κ1) is 20.7. The molecule has 2 aliphatic heterocycles. The molecule has 2 aliphatic rings. The van der Waals surface area contributed by atoms with Crippen LogP contribution >= 0.6 is 0 Å². The Morgan fingerprint density at radius 2 is 1.77 bits per heavy atom. The van der Waals surface area contributed by atoms with Gasteiger partial charge in [0.15, 0.2) is 23.6 Å². The largest absolute Gasteiger partial charge is 0.486 e. The van der Waals surface area contributed by atoms with Gasteiger partial charge in [-0.15, -0.1) is 0 Å². The third-order valence-electron chi connectivity index (χ3n) is 6.31. The quantitative estimate of drug-likeness (QED) is 0.684. The lowest BCUT2D eigenvalue weighted by Crippen LogP contribution is -3.16. The number of amides is 1. The third-order valence-corrected chi connectivity index (χ3v) is 6.31. The summed E-state index contributed by atoms with van der Waals surface area (Å²) in [5.74, 6) is 1.83. The summed E-state index contributed by atoms with van der Waals surface area (Å²) >= 11 is 0. The minimum atomic E-state index is -0.0959. The number of likely N-dealkylation sites (N-methyl/N-ethyl adjacent to an activating group) is 1. The van der Waals surface area contributed by atoms with Crippen molar-refractivity contribution < 1.29 is 24.1 Å². The zero-order chi connectivity index (χ0) is 20.9. The summed E-state index contributed by atoms with van der Waals surface area (Å²) in [6, 6.07) is 18.3. The number of carbonyl (C=O) groups is 1. The summed E-state index contributed by atoms with van der Waals surface area (Å²) in [6.07, 6.45) is -0.0395. The molecule has 30 heavy (non-hydrogen) atoms. The molecule has 0 aromatic heterocycles. The maximum Gasteiger partial charge on any atom is 0.280 e. The number of benzene rings is 2. The summed E-state index contributed by atoms with van der Waals surface area (Å²) < 4.78 is 11.9. The molecule has 0 aliphatic carbocycles. The van der Waals surface area contributed by atoms with Crippen LogP contribution in [0.15, 0.2) is 54.6 Å². The number of hydrogen-bond acceptors (Lipinski definition) is 3. The maximum atomic E-state index is 13.1. The monoisotopic (exact) mass is 411 g/mol. The van der Waals surface area contributed by atoms with Crippen LogP contribution in [0, 0.1) is 0 Å². The molecular weight excluding hydrogens is 378 g/mol. The molecule has 1 fully saturated rings. The number of rotatable bonds is 6. The summed E-state index contributed by atoms with van der Waals surface area (Å²) in [5.41, 5.74) is 1.36. The molecule has 0 spiro atoms. The number of carbonyl (C=O) groups excluding carboxylic acids is 1. The van der Waals surface area contributed by atoms with Gasteiger partial charge in [0.25, 0.3) is 5.91 Å². The number of quaternary nitrogens is 2. The van der Waals surface area contributed by atoms with Crippen LogP contribution in [0.5, 0.6) is 11.5 Å². The van der Waals surface area contributed by atoms with Crippen molar-refractivity contribution in [2.75, 3.05) is 46.4 Å². The number of hydrogen-bond donors (Lipinski definition) is 2. The van der Waals surface area contributed by atoms with Crippen molar-refractivity contribution in [3.8, 4) is 11.5 Å². The molecule has 3 atom stereocenters. The normalized spacial score (nSPS) is 21.1. The average Bonchev–Trinajstić information content (AvgIpc) is 2.79. The molecular formula is C24H33N3O3+2. The smallest absolute Gasteiger partial charge is 0.280 e. The zero-order valence-electron chi connectivity index (χ0n) is 18.0. The van der Waals surface area contributed by atoms with Crippen LogP contribution in [0.3, 0.4) is 0 Å². The highest BCUT2D eigenvalue weighted by molar-refractivity contribution is 5.80. The fourth-order valence-electron chi connectivity index (χ4n) is 4.29. The van der Waals surface area contributed by atoms with Gasteiger partial charge in [-0.2, -0.15) is 0 Å². The Hall–Kier alpha value is -2.57. The Morgan fingerprint density at radius 1 is 1.10 bits per heavy atom. The van der Waals surface area contributed by atoms with E-state index >= 15 is 0 Å². The molecule has 0 saturated carbocycles. The van der Waals surface area contributed by atoms with Gasteiger partial charge in [0.05, 0.1) is 33.2 Å². The standard InChI is InChI=1S/C24H31N3O3/c1-19(25(2)17-21-18-29-22-10-6-7-11-23(22)30-21)24(28)27-14-12-26(13-15-27)16-20-8-4-3-5-9-20/h3-11,19,21H,12-18H2,1-2H3/p+2/t19-,21+/m0/s1. The molecule has 2 N–H and O–H groups in total. The van der Waals surface area contributed by atoms with Crippen LogP contribution < -0.4 is 19.3 Å². The number of para-hydroxylation sites is 2. The second-order valence-corrected chi connectivity index (χ2v) is 8.51. The Labute approximate surface area is 179 Å². The van der Waals surface area contributed by atoms with Crippen molar-refractivity contribution in [3.05, 3.63) is 60.2 Å². The van der Waals surface area contributed by atoms with E-state index in [9.17, 15) is 4.79 Å². The summed E-state index contributed by atoms with van der Waals surface area (Å²) in [7, 11) is 2.07. The summed E-state index contributed by atoms with van der Waals surface area (Å²) in [5, 5.41) is 0. The minimum Gasteiger partial charge on any atom is -0.486 e. The molecule has 160 valence electrons. The van der Waals surface area contributed by atoms with E-state index < -0.39 is 0 Å². The van der Waals surface area contributed by atoms with Crippen LogP contribution in [0.1, 0.15) is 12.5 Å². The molecule has 1 amide bonds. The first-order valence-corrected chi connectivity index (χ1v) is 11.0. The molecule has 1 unspecified atom stereocenters. The molecule has 2 aromatic carbocycles. The number of piperazine rings is 1. The van der Waals surface area contributed by atoms with E-state index in [4.69, 9.17) is 9.47 Å². The molecule has 6 heteroatoms. The summed E-state index contributed by atoms with van der Waals surface area (Å²) in [4.78, 5) is 17.8. The number of fused-ring (bicyclic) bond motifs is 1. The van der Waals surface area contributed by atoms with E-state index in [2.05, 4.69) is 37.4 Å². The van der Waals surface area contributed by atoms with Gasteiger partial charge >= 0.3 is 0 Å². The topological polar surface area (TPSA) is 47.7 Å². The fourth-order valence-corrected chi connectivity index (χ4v) is 4.29. The lowest BCUT2D eigenvalue weighted by atomic mass is 10.1. The molecule has 0 bridgehead atoms. The lowest BCUT2D eigenvalue weighted by Gasteiger charge is -2.35. The molecule has 2 aromatic rings. The van der Waals surface area contributed by atoms with Crippen molar-refractivity contribution in [2.24, 2.45) is 0 Å². The predicted molar refractivity (Wildman–Crippen MR) is 115 cm³/mol. The Kier molecular flexibility index (Phi) is 6.55. The first-order valence-electron chi connectivity index (χ1n) is 11.0. The van der Waals surface area contributed by atoms with Crippen LogP contribution in [0.4, 0.5) is 0 Å². The highest BCUT2D eigenvalue weighted by Gasteiger charge is 2.33. The fraction of sp³-hybridized carbons (Fsp3) is 0.458. The van der Waals surface area contributed by atoms with Gasteiger partial charge in [0.2, 0.25) is 0 Å². The highest BCUT2D eigenvalue weighted by atomic mass is 16.6. The Morgan fingerprint density at radius 3 is 2.50 bits per heavy atom. The average molecular weight is 412 g/mol. The number of nitrogens with one attached hydrogen (secondary N) is 2. The second kappa shape index (κ2) is 9.49. The zero-order valence-corrected chi connectivity index (χ0v) is 18.0. The lowest BCUT2D eigenvalue weighted by molar-refractivity contribution is -0.918. The highest BCUT2D eigenvalue weighted by Crippen LogP contribution is 2.30. The van der Waals surface area contributed by atoms with Gasteiger partial charge in [-0.05, 0) is 19.1 Å². The van der Waals surface area contributed by atoms with Gasteiger partial charge in [-0.1, -0.05) is 42.5 Å². The predicted octanol–water partition coefficient (Wildman–Crippen LogP) is -0.343. The first-order chi connectivity index (χ1) is 14.6. The molecule has 0 radical (unpaired) electrons. The van der Waals surface area contributed by atoms with Gasteiger partial charge in [-0.25, -0.2) is 0 Å².